The third-order valence-electron chi connectivity index (χ3n) is 2.58. The van der Waals surface area contributed by atoms with Crippen molar-refractivity contribution in [3.63, 3.8) is 0 Å². The van der Waals surface area contributed by atoms with Crippen LogP contribution < -0.4 is 10.1 Å². The zero-order chi connectivity index (χ0) is 14.9. The maximum absolute atomic E-state index is 11.8. The van der Waals surface area contributed by atoms with Gasteiger partial charge in [-0.05, 0) is 5.56 Å². The lowest BCUT2D eigenvalue weighted by Crippen LogP contribution is -2.23. The Bertz CT molecular complexity index is 560. The van der Waals surface area contributed by atoms with Crippen LogP contribution in [0.1, 0.15) is 16.1 Å². The first kappa shape index (κ1) is 14.9. The predicted molar refractivity (Wildman–Crippen MR) is 74.8 cm³/mol. The fourth-order valence-electron chi connectivity index (χ4n) is 1.52. The van der Waals surface area contributed by atoms with Gasteiger partial charge in [-0.15, -0.1) is 0 Å². The summed E-state index contributed by atoms with van der Waals surface area (Å²) in [5.74, 6) is 0.250. The van der Waals surface area contributed by atoms with Gasteiger partial charge in [0.25, 0.3) is 5.91 Å². The fraction of sp³-hybridized carbons (Fsp3) is 0.286. The first-order valence-corrected chi connectivity index (χ1v) is 6.40. The van der Waals surface area contributed by atoms with Crippen LogP contribution in [0.25, 0.3) is 0 Å². The van der Waals surface area contributed by atoms with Crippen LogP contribution in [-0.2, 0) is 11.3 Å². The van der Waals surface area contributed by atoms with Crippen molar-refractivity contribution in [2.24, 2.45) is 0 Å². The Morgan fingerprint density at radius 2 is 2.10 bits per heavy atom. The van der Waals surface area contributed by atoms with Crippen LogP contribution in [-0.4, -0.2) is 41.2 Å². The van der Waals surface area contributed by atoms with Crippen molar-refractivity contribution in [3.8, 4) is 5.88 Å². The second-order valence-electron chi connectivity index (χ2n) is 4.12. The molecule has 0 bridgehead atoms. The van der Waals surface area contributed by atoms with Crippen LogP contribution in [0, 0.1) is 0 Å². The van der Waals surface area contributed by atoms with Gasteiger partial charge in [-0.2, -0.15) is 0 Å². The van der Waals surface area contributed by atoms with Crippen molar-refractivity contribution in [1.82, 2.24) is 20.3 Å². The number of carbonyl (C=O) groups excluding carboxylic acids is 1. The van der Waals surface area contributed by atoms with E-state index in [0.717, 1.165) is 5.56 Å². The number of methoxy groups -OCH3 is 1. The molecule has 0 unspecified atom stereocenters. The van der Waals surface area contributed by atoms with Gasteiger partial charge in [0.15, 0.2) is 0 Å². The summed E-state index contributed by atoms with van der Waals surface area (Å²) in [5, 5.41) is 2.74. The van der Waals surface area contributed by atoms with Crippen LogP contribution in [0.4, 0.5) is 0 Å². The third kappa shape index (κ3) is 4.81. The number of pyridine rings is 1. The molecule has 110 valence electrons. The summed E-state index contributed by atoms with van der Waals surface area (Å²) in [6, 6.07) is 3.59. The van der Waals surface area contributed by atoms with Crippen LogP contribution in [0.5, 0.6) is 5.88 Å². The summed E-state index contributed by atoms with van der Waals surface area (Å²) in [5.41, 5.74) is 1.15. The molecule has 0 aliphatic heterocycles. The van der Waals surface area contributed by atoms with Gasteiger partial charge in [0.05, 0.1) is 12.8 Å². The van der Waals surface area contributed by atoms with Gasteiger partial charge < -0.3 is 14.8 Å². The number of amides is 1. The van der Waals surface area contributed by atoms with Crippen molar-refractivity contribution >= 4 is 5.91 Å². The molecule has 2 heterocycles. The Hall–Kier alpha value is -2.54. The summed E-state index contributed by atoms with van der Waals surface area (Å²) >= 11 is 0. The molecule has 0 fully saturated rings. The lowest BCUT2D eigenvalue weighted by atomic mass is 10.3. The summed E-state index contributed by atoms with van der Waals surface area (Å²) in [6.45, 7) is 1.32. The van der Waals surface area contributed by atoms with Crippen molar-refractivity contribution in [1.29, 1.82) is 0 Å². The zero-order valence-corrected chi connectivity index (χ0v) is 11.7. The molecule has 0 saturated carbocycles. The summed E-state index contributed by atoms with van der Waals surface area (Å²) < 4.78 is 10.2. The number of carbonyl (C=O) groups is 1. The molecule has 2 rings (SSSR count). The van der Waals surface area contributed by atoms with E-state index in [1.165, 1.54) is 18.6 Å². The normalized spacial score (nSPS) is 10.1. The number of hydrogen-bond donors (Lipinski definition) is 1. The minimum atomic E-state index is -0.275. The van der Waals surface area contributed by atoms with E-state index in [2.05, 4.69) is 20.3 Å². The molecule has 21 heavy (non-hydrogen) atoms. The van der Waals surface area contributed by atoms with Crippen LogP contribution in [0.15, 0.2) is 36.9 Å². The average molecular weight is 288 g/mol. The monoisotopic (exact) mass is 288 g/mol. The second kappa shape index (κ2) is 7.91. The van der Waals surface area contributed by atoms with E-state index in [1.54, 1.807) is 19.4 Å². The van der Waals surface area contributed by atoms with E-state index in [1.807, 2.05) is 6.07 Å². The first-order chi connectivity index (χ1) is 10.3. The number of nitrogens with zero attached hydrogens (tertiary/aromatic N) is 3. The molecular weight excluding hydrogens is 272 g/mol. The molecule has 0 spiro atoms. The number of ether oxygens (including phenoxy) is 2. The highest BCUT2D eigenvalue weighted by molar-refractivity contribution is 5.91. The molecule has 7 nitrogen and oxygen atoms in total. The number of rotatable bonds is 7. The minimum Gasteiger partial charge on any atom is -0.475 e. The van der Waals surface area contributed by atoms with Crippen LogP contribution >= 0.6 is 0 Å². The average Bonchev–Trinajstić information content (AvgIpc) is 2.55. The van der Waals surface area contributed by atoms with E-state index in [9.17, 15) is 4.79 Å². The van der Waals surface area contributed by atoms with Crippen molar-refractivity contribution < 1.29 is 14.3 Å². The van der Waals surface area contributed by atoms with Crippen molar-refractivity contribution in [2.45, 2.75) is 6.54 Å². The van der Waals surface area contributed by atoms with Crippen molar-refractivity contribution in [3.05, 3.63) is 48.2 Å². The summed E-state index contributed by atoms with van der Waals surface area (Å²) in [6.07, 6.45) is 6.06. The van der Waals surface area contributed by atoms with Crippen LogP contribution in [0.2, 0.25) is 0 Å². The Kier molecular flexibility index (Phi) is 5.60. The Morgan fingerprint density at radius 1 is 1.19 bits per heavy atom. The minimum absolute atomic E-state index is 0.275. The molecular formula is C14H16N4O3. The van der Waals surface area contributed by atoms with E-state index in [0.29, 0.717) is 25.6 Å². The highest BCUT2D eigenvalue weighted by Gasteiger charge is 2.06. The molecule has 0 atom stereocenters. The number of hydrogen-bond acceptors (Lipinski definition) is 6. The van der Waals surface area contributed by atoms with Gasteiger partial charge >= 0.3 is 0 Å². The second-order valence-corrected chi connectivity index (χ2v) is 4.12. The van der Waals surface area contributed by atoms with Gasteiger partial charge in [-0.1, -0.05) is 6.07 Å². The molecule has 7 heteroatoms. The molecule has 0 radical (unpaired) electrons. The van der Waals surface area contributed by atoms with Gasteiger partial charge in [-0.25, -0.2) is 9.97 Å². The predicted octanol–water partition coefficient (Wildman–Crippen LogP) is 0.827. The highest BCUT2D eigenvalue weighted by Crippen LogP contribution is 2.07. The summed E-state index contributed by atoms with van der Waals surface area (Å²) in [4.78, 5) is 23.7. The highest BCUT2D eigenvalue weighted by atomic mass is 16.5. The molecule has 0 aliphatic carbocycles. The standard InChI is InChI=1S/C14H16N4O3/c1-20-6-7-21-13-3-2-11(8-17-13)9-18-14(19)12-10-15-4-5-16-12/h2-5,8,10H,6-7,9H2,1H3,(H,18,19). The van der Waals surface area contributed by atoms with Gasteiger partial charge in [0.2, 0.25) is 5.88 Å². The molecule has 1 amide bonds. The van der Waals surface area contributed by atoms with Crippen LogP contribution in [0.3, 0.4) is 0 Å². The Labute approximate surface area is 122 Å². The van der Waals surface area contributed by atoms with E-state index in [-0.39, 0.29) is 11.6 Å². The SMILES string of the molecule is COCCOc1ccc(CNC(=O)c2cnccn2)cn1. The number of nitrogens with one attached hydrogen (secondary N) is 1. The topological polar surface area (TPSA) is 86.2 Å². The molecule has 0 aliphatic rings. The Morgan fingerprint density at radius 3 is 2.76 bits per heavy atom. The smallest absolute Gasteiger partial charge is 0.271 e. The maximum Gasteiger partial charge on any atom is 0.271 e. The lowest BCUT2D eigenvalue weighted by molar-refractivity contribution is 0.0945. The number of aromatic nitrogens is 3. The zero-order valence-electron chi connectivity index (χ0n) is 11.7. The fourth-order valence-corrected chi connectivity index (χ4v) is 1.52. The molecule has 0 aromatic carbocycles. The lowest BCUT2D eigenvalue weighted by Gasteiger charge is -2.06. The molecule has 2 aromatic rings. The molecule has 1 N–H and O–H groups in total. The Balaban J connectivity index is 1.82. The quantitative estimate of drug-likeness (QED) is 0.759. The third-order valence-corrected chi connectivity index (χ3v) is 2.58. The van der Waals surface area contributed by atoms with Gasteiger partial charge in [0.1, 0.15) is 12.3 Å². The first-order valence-electron chi connectivity index (χ1n) is 6.40. The molecule has 2 aromatic heterocycles. The summed E-state index contributed by atoms with van der Waals surface area (Å²) in [7, 11) is 1.61. The van der Waals surface area contributed by atoms with E-state index >= 15 is 0 Å². The molecule has 0 saturated heterocycles. The largest absolute Gasteiger partial charge is 0.475 e. The van der Waals surface area contributed by atoms with Gasteiger partial charge in [0, 0.05) is 38.3 Å². The van der Waals surface area contributed by atoms with Gasteiger partial charge in [-0.3, -0.25) is 9.78 Å². The maximum atomic E-state index is 11.8. The van der Waals surface area contributed by atoms with E-state index < -0.39 is 0 Å². The van der Waals surface area contributed by atoms with Crippen molar-refractivity contribution in [2.75, 3.05) is 20.3 Å². The van der Waals surface area contributed by atoms with E-state index in [4.69, 9.17) is 9.47 Å².